The van der Waals surface area contributed by atoms with Crippen molar-refractivity contribution in [3.63, 3.8) is 0 Å². The quantitative estimate of drug-likeness (QED) is 0.493. The number of nitrogens with one attached hydrogen (secondary N) is 1. The zero-order valence-electron chi connectivity index (χ0n) is 12.8. The lowest BCUT2D eigenvalue weighted by Gasteiger charge is -2.12. The van der Waals surface area contributed by atoms with Crippen molar-refractivity contribution in [1.29, 1.82) is 0 Å². The molecule has 0 aliphatic heterocycles. The average Bonchev–Trinajstić information content (AvgIpc) is 2.48. The molecule has 0 saturated heterocycles. The Kier molecular flexibility index (Phi) is 5.33. The smallest absolute Gasteiger partial charge is 0.294 e. The Balaban J connectivity index is 2.40. The molecule has 3 N–H and O–H groups in total. The average molecular weight is 375 g/mol. The third kappa shape index (κ3) is 4.81. The third-order valence-electron chi connectivity index (χ3n) is 3.28. The van der Waals surface area contributed by atoms with Crippen molar-refractivity contribution < 1.29 is 30.7 Å². The molecular formula is C14H17NO7S2. The Labute approximate surface area is 139 Å². The number of rotatable bonds is 7. The van der Waals surface area contributed by atoms with Gasteiger partial charge in [-0.25, -0.2) is 0 Å². The van der Waals surface area contributed by atoms with Crippen LogP contribution in [0.5, 0.6) is 5.75 Å². The van der Waals surface area contributed by atoms with Crippen LogP contribution in [-0.2, 0) is 20.2 Å². The van der Waals surface area contributed by atoms with E-state index in [-0.39, 0.29) is 23.7 Å². The number of fused-ring (bicyclic) bond motifs is 1. The van der Waals surface area contributed by atoms with Gasteiger partial charge in [0.1, 0.15) is 5.75 Å². The minimum atomic E-state index is -4.42. The molecule has 0 heterocycles. The number of hydrogen-bond donors (Lipinski definition) is 3. The van der Waals surface area contributed by atoms with Gasteiger partial charge in [0.05, 0.1) is 17.3 Å². The first kappa shape index (κ1) is 18.5. The largest absolute Gasteiger partial charge is 0.493 e. The molecule has 0 fully saturated rings. The molecule has 2 rings (SSSR count). The van der Waals surface area contributed by atoms with Crippen LogP contribution >= 0.6 is 0 Å². The highest BCUT2D eigenvalue weighted by atomic mass is 32.2. The first-order valence-electron chi connectivity index (χ1n) is 6.91. The van der Waals surface area contributed by atoms with Crippen LogP contribution in [0.15, 0.2) is 35.2 Å². The van der Waals surface area contributed by atoms with Gasteiger partial charge in [-0.05, 0) is 30.0 Å². The first-order chi connectivity index (χ1) is 11.1. The molecule has 0 bridgehead atoms. The Morgan fingerprint density at radius 3 is 2.38 bits per heavy atom. The summed E-state index contributed by atoms with van der Waals surface area (Å²) in [5, 5.41) is 4.08. The van der Waals surface area contributed by atoms with E-state index in [1.54, 1.807) is 25.2 Å². The number of benzene rings is 2. The summed E-state index contributed by atoms with van der Waals surface area (Å²) in [6, 6.07) is 7.63. The Bertz CT molecular complexity index is 952. The number of anilines is 1. The van der Waals surface area contributed by atoms with E-state index < -0.39 is 26.0 Å². The molecule has 0 aromatic heterocycles. The predicted molar refractivity (Wildman–Crippen MR) is 89.8 cm³/mol. The summed E-state index contributed by atoms with van der Waals surface area (Å²) in [6.07, 6.45) is 0.0299. The number of hydrogen-bond acceptors (Lipinski definition) is 6. The molecule has 0 atom stereocenters. The van der Waals surface area contributed by atoms with Crippen molar-refractivity contribution in [2.45, 2.75) is 11.3 Å². The topological polar surface area (TPSA) is 130 Å². The normalized spacial score (nSPS) is 12.3. The first-order valence-corrected chi connectivity index (χ1v) is 9.96. The molecule has 0 amide bonds. The fourth-order valence-electron chi connectivity index (χ4n) is 2.14. The van der Waals surface area contributed by atoms with Gasteiger partial charge in [0.25, 0.3) is 20.2 Å². The molecule has 0 spiro atoms. The Morgan fingerprint density at radius 1 is 1.08 bits per heavy atom. The van der Waals surface area contributed by atoms with Crippen LogP contribution in [0.4, 0.5) is 5.69 Å². The second kappa shape index (κ2) is 6.93. The maximum Gasteiger partial charge on any atom is 0.294 e. The summed E-state index contributed by atoms with van der Waals surface area (Å²) in [7, 11) is -6.78. The zero-order valence-corrected chi connectivity index (χ0v) is 14.4. The summed E-state index contributed by atoms with van der Waals surface area (Å²) in [5.41, 5.74) is 0.768. The van der Waals surface area contributed by atoms with Gasteiger partial charge in [0, 0.05) is 24.2 Å². The van der Waals surface area contributed by atoms with Gasteiger partial charge in [0.2, 0.25) is 0 Å². The second-order valence-electron chi connectivity index (χ2n) is 5.07. The van der Waals surface area contributed by atoms with E-state index in [1.165, 1.54) is 12.1 Å². The molecule has 132 valence electrons. The lowest BCUT2D eigenvalue weighted by molar-refractivity contribution is 0.319. The van der Waals surface area contributed by atoms with Crippen LogP contribution in [0.3, 0.4) is 0 Å². The van der Waals surface area contributed by atoms with Gasteiger partial charge in [-0.3, -0.25) is 9.11 Å². The van der Waals surface area contributed by atoms with Gasteiger partial charge in [-0.2, -0.15) is 16.8 Å². The molecule has 0 aliphatic carbocycles. The van der Waals surface area contributed by atoms with E-state index in [1.807, 2.05) is 0 Å². The van der Waals surface area contributed by atoms with E-state index in [9.17, 15) is 21.4 Å². The lowest BCUT2D eigenvalue weighted by atomic mass is 10.1. The van der Waals surface area contributed by atoms with E-state index in [0.29, 0.717) is 10.8 Å². The SMILES string of the molecule is CNc1ccc2cc(S(=O)(=O)O)cc(OCCCS(=O)(=O)O)c2c1. The summed E-state index contributed by atoms with van der Waals surface area (Å²) < 4.78 is 67.6. The molecule has 10 heteroatoms. The Hall–Kier alpha value is -1.88. The van der Waals surface area contributed by atoms with Crippen LogP contribution in [0.25, 0.3) is 10.8 Å². The fraction of sp³-hybridized carbons (Fsp3) is 0.286. The zero-order chi connectivity index (χ0) is 18.0. The summed E-state index contributed by atoms with van der Waals surface area (Å²) in [4.78, 5) is -0.322. The van der Waals surface area contributed by atoms with Gasteiger partial charge < -0.3 is 10.1 Å². The molecule has 24 heavy (non-hydrogen) atoms. The predicted octanol–water partition coefficient (Wildman–Crippen LogP) is 1.78. The van der Waals surface area contributed by atoms with Crippen molar-refractivity contribution in [2.24, 2.45) is 0 Å². The van der Waals surface area contributed by atoms with E-state index in [2.05, 4.69) is 5.32 Å². The van der Waals surface area contributed by atoms with Crippen LogP contribution in [-0.4, -0.2) is 45.3 Å². The maximum atomic E-state index is 11.4. The second-order valence-corrected chi connectivity index (χ2v) is 8.06. The minimum Gasteiger partial charge on any atom is -0.493 e. The summed E-state index contributed by atoms with van der Waals surface area (Å²) in [5.74, 6) is -0.280. The third-order valence-corrected chi connectivity index (χ3v) is 4.92. The molecule has 8 nitrogen and oxygen atoms in total. The highest BCUT2D eigenvalue weighted by molar-refractivity contribution is 7.86. The Morgan fingerprint density at radius 2 is 1.79 bits per heavy atom. The molecule has 0 unspecified atom stereocenters. The van der Waals surface area contributed by atoms with Gasteiger partial charge in [-0.15, -0.1) is 0 Å². The molecule has 2 aromatic rings. The highest BCUT2D eigenvalue weighted by Gasteiger charge is 2.15. The molecule has 0 saturated carbocycles. The van der Waals surface area contributed by atoms with Gasteiger partial charge in [-0.1, -0.05) is 6.07 Å². The molecule has 0 aliphatic rings. The van der Waals surface area contributed by atoms with Crippen LogP contribution in [0, 0.1) is 0 Å². The van der Waals surface area contributed by atoms with Gasteiger partial charge >= 0.3 is 0 Å². The van der Waals surface area contributed by atoms with Crippen molar-refractivity contribution in [1.82, 2.24) is 0 Å². The molecule has 0 radical (unpaired) electrons. The van der Waals surface area contributed by atoms with Gasteiger partial charge in [0.15, 0.2) is 0 Å². The highest BCUT2D eigenvalue weighted by Crippen LogP contribution is 2.32. The van der Waals surface area contributed by atoms with Crippen molar-refractivity contribution >= 4 is 36.7 Å². The van der Waals surface area contributed by atoms with Crippen LogP contribution in [0.1, 0.15) is 6.42 Å². The maximum absolute atomic E-state index is 11.4. The van der Waals surface area contributed by atoms with Crippen molar-refractivity contribution in [3.05, 3.63) is 30.3 Å². The monoisotopic (exact) mass is 375 g/mol. The minimum absolute atomic E-state index is 0.0299. The van der Waals surface area contributed by atoms with Crippen molar-refractivity contribution in [2.75, 3.05) is 24.7 Å². The van der Waals surface area contributed by atoms with E-state index >= 15 is 0 Å². The number of ether oxygens (including phenoxy) is 1. The van der Waals surface area contributed by atoms with E-state index in [4.69, 9.17) is 9.29 Å². The summed E-state index contributed by atoms with van der Waals surface area (Å²) in [6.45, 7) is -0.0480. The van der Waals surface area contributed by atoms with E-state index in [0.717, 1.165) is 5.69 Å². The lowest BCUT2D eigenvalue weighted by Crippen LogP contribution is -2.09. The molecule has 2 aromatic carbocycles. The molecular weight excluding hydrogens is 358 g/mol. The van der Waals surface area contributed by atoms with Crippen LogP contribution in [0.2, 0.25) is 0 Å². The van der Waals surface area contributed by atoms with Crippen molar-refractivity contribution in [3.8, 4) is 5.75 Å². The standard InChI is InChI=1S/C14H17NO7S2/c1-15-11-4-3-10-7-12(24(19,20)21)9-14(13(10)8-11)22-5-2-6-23(16,17)18/h3-4,7-9,15H,2,5-6H2,1H3,(H,16,17,18)(H,19,20,21). The fourth-order valence-corrected chi connectivity index (χ4v) is 3.16. The summed E-state index contributed by atoms with van der Waals surface area (Å²) >= 11 is 0. The van der Waals surface area contributed by atoms with Crippen LogP contribution < -0.4 is 10.1 Å².